The quantitative estimate of drug-likeness (QED) is 0.684. The van der Waals surface area contributed by atoms with Crippen LogP contribution in [0.3, 0.4) is 0 Å². The van der Waals surface area contributed by atoms with Crippen LogP contribution in [0.4, 0.5) is 16.3 Å². The average Bonchev–Trinajstić information content (AvgIpc) is 2.77. The molecule has 1 aromatic heterocycles. The summed E-state index contributed by atoms with van der Waals surface area (Å²) in [6, 6.07) is 9.79. The molecule has 1 aliphatic heterocycles. The highest BCUT2D eigenvalue weighted by atomic mass is 16.6. The molecule has 10 nitrogen and oxygen atoms in total. The molecule has 1 aromatic carbocycles. The van der Waals surface area contributed by atoms with Crippen molar-refractivity contribution in [1.29, 1.82) is 0 Å². The molecule has 176 valence electrons. The lowest BCUT2D eigenvalue weighted by Crippen LogP contribution is -2.50. The first-order chi connectivity index (χ1) is 15.6. The van der Waals surface area contributed by atoms with Crippen molar-refractivity contribution in [3.05, 3.63) is 48.2 Å². The number of piperazine rings is 1. The van der Waals surface area contributed by atoms with Crippen molar-refractivity contribution < 1.29 is 23.9 Å². The van der Waals surface area contributed by atoms with Gasteiger partial charge < -0.3 is 30.3 Å². The molecule has 0 radical (unpaired) electrons. The Balaban J connectivity index is 1.45. The summed E-state index contributed by atoms with van der Waals surface area (Å²) in [7, 11) is 0. The summed E-state index contributed by atoms with van der Waals surface area (Å²) < 4.78 is 10.8. The second kappa shape index (κ2) is 10.2. The van der Waals surface area contributed by atoms with Crippen LogP contribution in [0.5, 0.6) is 5.75 Å². The van der Waals surface area contributed by atoms with E-state index in [4.69, 9.17) is 15.2 Å². The number of hydrogen-bond donors (Lipinski definition) is 2. The predicted molar refractivity (Wildman–Crippen MR) is 123 cm³/mol. The Morgan fingerprint density at radius 2 is 1.70 bits per heavy atom. The average molecular weight is 456 g/mol. The molecule has 2 heterocycles. The first-order valence-corrected chi connectivity index (χ1v) is 10.6. The Hall–Kier alpha value is -3.82. The summed E-state index contributed by atoms with van der Waals surface area (Å²) in [4.78, 5) is 43.5. The molecule has 33 heavy (non-hydrogen) atoms. The number of benzene rings is 1. The van der Waals surface area contributed by atoms with Crippen LogP contribution in [0.25, 0.3) is 0 Å². The number of nitrogens with two attached hydrogens (primary N) is 1. The second-order valence-electron chi connectivity index (χ2n) is 8.58. The van der Waals surface area contributed by atoms with Gasteiger partial charge in [-0.2, -0.15) is 0 Å². The van der Waals surface area contributed by atoms with Crippen molar-refractivity contribution in [3.8, 4) is 5.75 Å². The zero-order valence-corrected chi connectivity index (χ0v) is 19.0. The van der Waals surface area contributed by atoms with Crippen molar-refractivity contribution in [2.24, 2.45) is 5.73 Å². The van der Waals surface area contributed by atoms with Crippen molar-refractivity contribution in [2.45, 2.75) is 26.4 Å². The smallest absolute Gasteiger partial charge is 0.410 e. The van der Waals surface area contributed by atoms with E-state index in [-0.39, 0.29) is 18.6 Å². The van der Waals surface area contributed by atoms with Crippen molar-refractivity contribution >= 4 is 29.4 Å². The summed E-state index contributed by atoms with van der Waals surface area (Å²) in [6.07, 6.45) is 1.38. The number of nitrogens with one attached hydrogen (secondary N) is 1. The predicted octanol–water partition coefficient (Wildman–Crippen LogP) is 2.26. The van der Waals surface area contributed by atoms with E-state index in [2.05, 4.69) is 15.2 Å². The monoisotopic (exact) mass is 455 g/mol. The fraction of sp³-hybridized carbons (Fsp3) is 0.391. The van der Waals surface area contributed by atoms with Crippen molar-refractivity contribution in [2.75, 3.05) is 43.0 Å². The first-order valence-electron chi connectivity index (χ1n) is 10.6. The van der Waals surface area contributed by atoms with Gasteiger partial charge in [0.1, 0.15) is 17.2 Å². The maximum Gasteiger partial charge on any atom is 0.410 e. The molecule has 3 amide bonds. The number of ether oxygens (including phenoxy) is 2. The van der Waals surface area contributed by atoms with Crippen LogP contribution in [0, 0.1) is 0 Å². The molecule has 0 aliphatic carbocycles. The van der Waals surface area contributed by atoms with Gasteiger partial charge in [0, 0.05) is 31.7 Å². The number of primary amides is 1. The van der Waals surface area contributed by atoms with Gasteiger partial charge in [0.05, 0.1) is 11.9 Å². The van der Waals surface area contributed by atoms with Gasteiger partial charge in [-0.25, -0.2) is 9.78 Å². The van der Waals surface area contributed by atoms with E-state index >= 15 is 0 Å². The fourth-order valence-corrected chi connectivity index (χ4v) is 3.16. The van der Waals surface area contributed by atoms with Gasteiger partial charge in [-0.1, -0.05) is 0 Å². The first kappa shape index (κ1) is 23.8. The molecule has 10 heteroatoms. The second-order valence-corrected chi connectivity index (χ2v) is 8.58. The molecule has 0 saturated carbocycles. The van der Waals surface area contributed by atoms with Crippen LogP contribution in [-0.2, 0) is 9.53 Å². The standard InChI is InChI=1S/C23H29N5O5/c1-23(2,3)33-22(31)28-12-10-27(11-13-28)17-6-9-19(25-14-17)26-20(29)15-32-18-7-4-16(5-8-18)21(24)30/h4-9,14H,10-13,15H2,1-3H3,(H2,24,30)(H,25,26,29). The van der Waals surface area contributed by atoms with Gasteiger partial charge in [-0.15, -0.1) is 0 Å². The lowest BCUT2D eigenvalue weighted by atomic mass is 10.2. The number of carbonyl (C=O) groups is 3. The van der Waals surface area contributed by atoms with E-state index in [9.17, 15) is 14.4 Å². The molecule has 1 fully saturated rings. The molecule has 0 atom stereocenters. The third kappa shape index (κ3) is 7.09. The SMILES string of the molecule is CC(C)(C)OC(=O)N1CCN(c2ccc(NC(=O)COc3ccc(C(N)=O)cc3)nc2)CC1. The Labute approximate surface area is 192 Å². The highest BCUT2D eigenvalue weighted by molar-refractivity contribution is 5.93. The van der Waals surface area contributed by atoms with Crippen LogP contribution < -0.4 is 20.7 Å². The third-order valence-corrected chi connectivity index (χ3v) is 4.82. The molecule has 3 rings (SSSR count). The minimum atomic E-state index is -0.529. The van der Waals surface area contributed by atoms with Gasteiger partial charge >= 0.3 is 6.09 Å². The Kier molecular flexibility index (Phi) is 7.37. The maximum atomic E-state index is 12.2. The Morgan fingerprint density at radius 3 is 2.24 bits per heavy atom. The number of carbonyl (C=O) groups excluding carboxylic acids is 3. The normalized spacial score (nSPS) is 13.9. The number of amides is 3. The van der Waals surface area contributed by atoms with Crippen LogP contribution in [0.1, 0.15) is 31.1 Å². The van der Waals surface area contributed by atoms with E-state index < -0.39 is 11.5 Å². The lowest BCUT2D eigenvalue weighted by Gasteiger charge is -2.36. The van der Waals surface area contributed by atoms with E-state index in [0.717, 1.165) is 5.69 Å². The van der Waals surface area contributed by atoms with E-state index in [0.29, 0.717) is 43.3 Å². The molecule has 0 spiro atoms. The number of pyridine rings is 1. The van der Waals surface area contributed by atoms with E-state index in [1.807, 2.05) is 26.8 Å². The Bertz CT molecular complexity index is 978. The molecular formula is C23H29N5O5. The fourth-order valence-electron chi connectivity index (χ4n) is 3.16. The zero-order valence-electron chi connectivity index (χ0n) is 19.0. The number of nitrogens with zero attached hydrogens (tertiary/aromatic N) is 3. The summed E-state index contributed by atoms with van der Waals surface area (Å²) in [6.45, 7) is 7.79. The largest absolute Gasteiger partial charge is 0.484 e. The van der Waals surface area contributed by atoms with E-state index in [1.165, 1.54) is 12.1 Å². The van der Waals surface area contributed by atoms with Gasteiger partial charge in [-0.05, 0) is 57.2 Å². The summed E-state index contributed by atoms with van der Waals surface area (Å²) in [5, 5.41) is 2.68. The van der Waals surface area contributed by atoms with Gasteiger partial charge in [0.15, 0.2) is 6.61 Å². The molecule has 1 aliphatic rings. The lowest BCUT2D eigenvalue weighted by molar-refractivity contribution is -0.118. The van der Waals surface area contributed by atoms with Gasteiger partial charge in [-0.3, -0.25) is 9.59 Å². The zero-order chi connectivity index (χ0) is 24.0. The van der Waals surface area contributed by atoms with Crippen LogP contribution >= 0.6 is 0 Å². The number of rotatable bonds is 6. The summed E-state index contributed by atoms with van der Waals surface area (Å²) in [5.74, 6) is -0.0354. The van der Waals surface area contributed by atoms with Crippen molar-refractivity contribution in [1.82, 2.24) is 9.88 Å². The number of hydrogen-bond acceptors (Lipinski definition) is 7. The maximum absolute atomic E-state index is 12.2. The minimum Gasteiger partial charge on any atom is -0.484 e. The van der Waals surface area contributed by atoms with Crippen LogP contribution in [0.2, 0.25) is 0 Å². The number of anilines is 2. The number of aromatic nitrogens is 1. The summed E-state index contributed by atoms with van der Waals surface area (Å²) >= 11 is 0. The van der Waals surface area contributed by atoms with Gasteiger partial charge in [0.25, 0.3) is 5.91 Å². The van der Waals surface area contributed by atoms with E-state index in [1.54, 1.807) is 29.3 Å². The summed E-state index contributed by atoms with van der Waals surface area (Å²) in [5.41, 5.74) is 5.95. The molecule has 0 bridgehead atoms. The molecule has 3 N–H and O–H groups in total. The Morgan fingerprint density at radius 1 is 1.03 bits per heavy atom. The molecule has 0 unspecified atom stereocenters. The van der Waals surface area contributed by atoms with Gasteiger partial charge in [0.2, 0.25) is 5.91 Å². The highest BCUT2D eigenvalue weighted by Gasteiger charge is 2.26. The van der Waals surface area contributed by atoms with Crippen LogP contribution in [0.15, 0.2) is 42.6 Å². The minimum absolute atomic E-state index is 0.202. The van der Waals surface area contributed by atoms with Crippen molar-refractivity contribution in [3.63, 3.8) is 0 Å². The molecular weight excluding hydrogens is 426 g/mol. The molecule has 1 saturated heterocycles. The topological polar surface area (TPSA) is 127 Å². The highest BCUT2D eigenvalue weighted by Crippen LogP contribution is 2.19. The third-order valence-electron chi connectivity index (χ3n) is 4.82. The molecule has 2 aromatic rings. The van der Waals surface area contributed by atoms with Crippen LogP contribution in [-0.4, -0.2) is 66.2 Å².